The molecule has 1 amide bonds. The molecule has 0 radical (unpaired) electrons. The third-order valence-electron chi connectivity index (χ3n) is 4.00. The summed E-state index contributed by atoms with van der Waals surface area (Å²) < 4.78 is 5.25. The van der Waals surface area contributed by atoms with Gasteiger partial charge in [0, 0.05) is 31.4 Å². The summed E-state index contributed by atoms with van der Waals surface area (Å²) in [7, 11) is 1.82. The first-order valence-corrected chi connectivity index (χ1v) is 8.18. The van der Waals surface area contributed by atoms with Crippen molar-refractivity contribution in [2.45, 2.75) is 52.0 Å². The van der Waals surface area contributed by atoms with Crippen LogP contribution in [-0.2, 0) is 0 Å². The number of rotatable bonds is 7. The summed E-state index contributed by atoms with van der Waals surface area (Å²) in [5.74, 6) is 0.822. The Kier molecular flexibility index (Phi) is 5.90. The zero-order valence-corrected chi connectivity index (χ0v) is 14.3. The van der Waals surface area contributed by atoms with Crippen LogP contribution in [-0.4, -0.2) is 28.0 Å². The maximum Gasteiger partial charge on any atom is 0.276 e. The molecule has 2 aromatic heterocycles. The van der Waals surface area contributed by atoms with Crippen molar-refractivity contribution in [2.75, 3.05) is 7.05 Å². The summed E-state index contributed by atoms with van der Waals surface area (Å²) in [6, 6.07) is 5.65. The lowest BCUT2D eigenvalue weighted by molar-refractivity contribution is 0.0709. The van der Waals surface area contributed by atoms with E-state index in [2.05, 4.69) is 17.1 Å². The highest BCUT2D eigenvalue weighted by Crippen LogP contribution is 2.26. The van der Waals surface area contributed by atoms with E-state index in [1.807, 2.05) is 39.2 Å². The van der Waals surface area contributed by atoms with E-state index in [-0.39, 0.29) is 17.9 Å². The largest absolute Gasteiger partial charge is 0.360 e. The Morgan fingerprint density at radius 1 is 1.39 bits per heavy atom. The lowest BCUT2D eigenvalue weighted by Crippen LogP contribution is -2.31. The molecule has 0 aliphatic carbocycles. The summed E-state index contributed by atoms with van der Waals surface area (Å²) in [6.07, 6.45) is 6.61. The average Bonchev–Trinajstić information content (AvgIpc) is 3.05. The van der Waals surface area contributed by atoms with E-state index >= 15 is 0 Å². The first kappa shape index (κ1) is 17.2. The Morgan fingerprint density at radius 3 is 2.74 bits per heavy atom. The van der Waals surface area contributed by atoms with Gasteiger partial charge in [-0.1, -0.05) is 44.8 Å². The van der Waals surface area contributed by atoms with Crippen LogP contribution < -0.4 is 0 Å². The van der Waals surface area contributed by atoms with Crippen molar-refractivity contribution in [3.63, 3.8) is 0 Å². The predicted octanol–water partition coefficient (Wildman–Crippen LogP) is 4.20. The normalized spacial score (nSPS) is 12.4. The van der Waals surface area contributed by atoms with Crippen LogP contribution in [0.4, 0.5) is 0 Å². The second kappa shape index (κ2) is 7.90. The molecule has 2 heterocycles. The van der Waals surface area contributed by atoms with Gasteiger partial charge in [0.15, 0.2) is 5.69 Å². The van der Waals surface area contributed by atoms with Crippen molar-refractivity contribution in [3.05, 3.63) is 47.6 Å². The number of hydrogen-bond donors (Lipinski definition) is 0. The Labute approximate surface area is 137 Å². The molecule has 5 heteroatoms. The van der Waals surface area contributed by atoms with Crippen molar-refractivity contribution in [3.8, 4) is 0 Å². The van der Waals surface area contributed by atoms with E-state index in [0.29, 0.717) is 5.69 Å². The first-order chi connectivity index (χ1) is 11.0. The molecule has 1 atom stereocenters. The summed E-state index contributed by atoms with van der Waals surface area (Å²) in [6.45, 7) is 6.17. The van der Waals surface area contributed by atoms with Crippen LogP contribution in [0.2, 0.25) is 0 Å². The highest BCUT2D eigenvalue weighted by Gasteiger charge is 2.25. The third-order valence-corrected chi connectivity index (χ3v) is 4.00. The van der Waals surface area contributed by atoms with Gasteiger partial charge in [-0.25, -0.2) is 0 Å². The van der Waals surface area contributed by atoms with E-state index in [4.69, 9.17) is 4.52 Å². The Hall–Kier alpha value is -2.17. The van der Waals surface area contributed by atoms with Gasteiger partial charge in [-0.3, -0.25) is 9.78 Å². The lowest BCUT2D eigenvalue weighted by Gasteiger charge is -2.27. The van der Waals surface area contributed by atoms with E-state index in [0.717, 1.165) is 30.6 Å². The minimum absolute atomic E-state index is 0.00431. The van der Waals surface area contributed by atoms with E-state index < -0.39 is 0 Å². The Bertz CT molecular complexity index is 622. The minimum Gasteiger partial charge on any atom is -0.360 e. The fourth-order valence-electron chi connectivity index (χ4n) is 2.54. The molecular weight excluding hydrogens is 290 g/mol. The van der Waals surface area contributed by atoms with Gasteiger partial charge in [0.05, 0.1) is 6.04 Å². The van der Waals surface area contributed by atoms with Gasteiger partial charge in [-0.2, -0.15) is 0 Å². The number of nitrogens with zero attached hydrogens (tertiary/aromatic N) is 3. The van der Waals surface area contributed by atoms with Crippen LogP contribution in [0.15, 0.2) is 35.1 Å². The molecule has 0 aliphatic rings. The molecule has 0 bridgehead atoms. The molecule has 0 spiro atoms. The number of amides is 1. The van der Waals surface area contributed by atoms with E-state index in [1.54, 1.807) is 17.2 Å². The van der Waals surface area contributed by atoms with E-state index in [9.17, 15) is 4.79 Å². The number of unbranched alkanes of at least 4 members (excludes halogenated alkanes) is 1. The van der Waals surface area contributed by atoms with Gasteiger partial charge in [0.25, 0.3) is 5.91 Å². The SMILES string of the molecule is CCCC[C@@H](c1cccnc1)N(C)C(=O)c1cc(C(C)C)on1. The highest BCUT2D eigenvalue weighted by atomic mass is 16.5. The lowest BCUT2D eigenvalue weighted by atomic mass is 10.0. The zero-order valence-electron chi connectivity index (χ0n) is 14.3. The molecule has 2 aromatic rings. The fourth-order valence-corrected chi connectivity index (χ4v) is 2.54. The van der Waals surface area contributed by atoms with E-state index in [1.165, 1.54) is 0 Å². The Balaban J connectivity index is 2.21. The molecule has 0 aliphatic heterocycles. The number of aromatic nitrogens is 2. The molecule has 0 fully saturated rings. The van der Waals surface area contributed by atoms with Crippen LogP contribution in [0.1, 0.15) is 73.8 Å². The van der Waals surface area contributed by atoms with Gasteiger partial charge in [-0.15, -0.1) is 0 Å². The quantitative estimate of drug-likeness (QED) is 0.768. The van der Waals surface area contributed by atoms with Crippen LogP contribution >= 0.6 is 0 Å². The van der Waals surface area contributed by atoms with Crippen LogP contribution in [0.25, 0.3) is 0 Å². The van der Waals surface area contributed by atoms with Crippen LogP contribution in [0, 0.1) is 0 Å². The van der Waals surface area contributed by atoms with Gasteiger partial charge < -0.3 is 9.42 Å². The molecule has 2 rings (SSSR count). The van der Waals surface area contributed by atoms with Crippen molar-refractivity contribution in [1.29, 1.82) is 0 Å². The third kappa shape index (κ3) is 4.18. The average molecular weight is 315 g/mol. The van der Waals surface area contributed by atoms with Crippen molar-refractivity contribution in [2.24, 2.45) is 0 Å². The second-order valence-corrected chi connectivity index (χ2v) is 6.13. The standard InChI is InChI=1S/C18H25N3O2/c1-5-6-9-16(14-8-7-10-19-12-14)21(4)18(22)15-11-17(13(2)3)23-20-15/h7-8,10-13,16H,5-6,9H2,1-4H3/t16-/m0/s1. The minimum atomic E-state index is -0.120. The molecule has 0 saturated carbocycles. The highest BCUT2D eigenvalue weighted by molar-refractivity contribution is 5.92. The number of pyridine rings is 1. The van der Waals surface area contributed by atoms with Crippen LogP contribution in [0.5, 0.6) is 0 Å². The van der Waals surface area contributed by atoms with Gasteiger partial charge in [-0.05, 0) is 18.1 Å². The van der Waals surface area contributed by atoms with Gasteiger partial charge in [0.1, 0.15) is 5.76 Å². The van der Waals surface area contributed by atoms with Gasteiger partial charge in [0.2, 0.25) is 0 Å². The molecule has 0 unspecified atom stereocenters. The first-order valence-electron chi connectivity index (χ1n) is 8.18. The molecule has 0 N–H and O–H groups in total. The van der Waals surface area contributed by atoms with Crippen molar-refractivity contribution >= 4 is 5.91 Å². The number of carbonyl (C=O) groups excluding carboxylic acids is 1. The Morgan fingerprint density at radius 2 is 2.17 bits per heavy atom. The topological polar surface area (TPSA) is 59.2 Å². The zero-order chi connectivity index (χ0) is 16.8. The number of hydrogen-bond acceptors (Lipinski definition) is 4. The fraction of sp³-hybridized carbons (Fsp3) is 0.500. The molecule has 23 heavy (non-hydrogen) atoms. The van der Waals surface area contributed by atoms with Gasteiger partial charge >= 0.3 is 0 Å². The summed E-state index contributed by atoms with van der Waals surface area (Å²) in [5, 5.41) is 3.93. The molecule has 0 saturated heterocycles. The second-order valence-electron chi connectivity index (χ2n) is 6.13. The predicted molar refractivity (Wildman–Crippen MR) is 89.2 cm³/mol. The maximum atomic E-state index is 12.7. The summed E-state index contributed by atoms with van der Waals surface area (Å²) in [4.78, 5) is 18.7. The smallest absolute Gasteiger partial charge is 0.276 e. The molecular formula is C18H25N3O2. The monoisotopic (exact) mass is 315 g/mol. The number of carbonyl (C=O) groups is 1. The molecule has 5 nitrogen and oxygen atoms in total. The van der Waals surface area contributed by atoms with Crippen molar-refractivity contribution in [1.82, 2.24) is 15.0 Å². The molecule has 0 aromatic carbocycles. The van der Waals surface area contributed by atoms with Crippen LogP contribution in [0.3, 0.4) is 0 Å². The van der Waals surface area contributed by atoms with Crippen molar-refractivity contribution < 1.29 is 9.32 Å². The summed E-state index contributed by atoms with van der Waals surface area (Å²) in [5.41, 5.74) is 1.41. The molecule has 124 valence electrons. The summed E-state index contributed by atoms with van der Waals surface area (Å²) >= 11 is 0. The maximum absolute atomic E-state index is 12.7.